The molecule has 2 aromatic carbocycles. The van der Waals surface area contributed by atoms with Gasteiger partial charge in [-0.3, -0.25) is 14.6 Å². The normalized spacial score (nSPS) is 15.4. The highest BCUT2D eigenvalue weighted by Gasteiger charge is 2.34. The number of carbonyl (C=O) groups excluding carboxylic acids is 1. The lowest BCUT2D eigenvalue weighted by molar-refractivity contribution is -0.153. The molecule has 13 heteroatoms. The first kappa shape index (κ1) is 39.1. The summed E-state index contributed by atoms with van der Waals surface area (Å²) >= 11 is 0. The molecule has 1 N–H and O–H groups in total. The summed E-state index contributed by atoms with van der Waals surface area (Å²) in [4.78, 5) is 17.9. The standard InChI is InChI=1S/C35H45F4N3O5.ClH/c1-3-4-17-45-29-8-5-7-26(20-29)12-16-42(23-30-9-6-18-46-30)34(33(43)40-2)41(22-28-14-19-44-24-28)15-13-27-10-11-31(36)32(21-27)47-25-35(37,38)39;/h5-11,18,20-21,28,34H,3-4,12-17,19,22-25H2,1-2H3,(H,40,43);1H. The Morgan fingerprint density at radius 3 is 2.48 bits per heavy atom. The van der Waals surface area contributed by atoms with E-state index in [-0.39, 0.29) is 24.2 Å². The number of carbonyl (C=O) groups is 1. The van der Waals surface area contributed by atoms with Crippen molar-refractivity contribution in [3.63, 3.8) is 0 Å². The van der Waals surface area contributed by atoms with Gasteiger partial charge in [0.15, 0.2) is 18.2 Å². The number of unbranched alkanes of at least 4 members (excludes halogenated alkanes) is 1. The molecule has 1 fully saturated rings. The zero-order valence-corrected chi connectivity index (χ0v) is 28.3. The van der Waals surface area contributed by atoms with E-state index < -0.39 is 30.5 Å². The zero-order valence-electron chi connectivity index (χ0n) is 27.5. The molecule has 8 nitrogen and oxygen atoms in total. The average Bonchev–Trinajstić information content (AvgIpc) is 3.77. The molecule has 2 unspecified atom stereocenters. The first-order valence-corrected chi connectivity index (χ1v) is 16.1. The van der Waals surface area contributed by atoms with Gasteiger partial charge in [0.05, 0.1) is 26.0 Å². The fourth-order valence-electron chi connectivity index (χ4n) is 5.60. The van der Waals surface area contributed by atoms with Gasteiger partial charge in [0, 0.05) is 33.3 Å². The van der Waals surface area contributed by atoms with Crippen molar-refractivity contribution >= 4 is 18.3 Å². The third kappa shape index (κ3) is 12.6. The Kier molecular flexibility index (Phi) is 16.0. The van der Waals surface area contributed by atoms with E-state index in [1.165, 1.54) is 12.1 Å². The van der Waals surface area contributed by atoms with Gasteiger partial charge in [-0.2, -0.15) is 13.2 Å². The number of rotatable bonds is 19. The molecule has 0 spiro atoms. The molecule has 1 saturated heterocycles. The zero-order chi connectivity index (χ0) is 33.6. The van der Waals surface area contributed by atoms with E-state index in [1.54, 1.807) is 19.4 Å². The summed E-state index contributed by atoms with van der Waals surface area (Å²) in [5, 5.41) is 2.83. The van der Waals surface area contributed by atoms with Gasteiger partial charge in [-0.25, -0.2) is 4.39 Å². The molecule has 2 heterocycles. The fourth-order valence-corrected chi connectivity index (χ4v) is 5.60. The van der Waals surface area contributed by atoms with Gasteiger partial charge in [0.2, 0.25) is 0 Å². The molecule has 48 heavy (non-hydrogen) atoms. The van der Waals surface area contributed by atoms with Crippen LogP contribution in [0.2, 0.25) is 0 Å². The van der Waals surface area contributed by atoms with Crippen LogP contribution in [0.15, 0.2) is 65.3 Å². The molecule has 1 aliphatic heterocycles. The predicted octanol–water partition coefficient (Wildman–Crippen LogP) is 6.66. The topological polar surface area (TPSA) is 76.4 Å². The van der Waals surface area contributed by atoms with Crippen LogP contribution >= 0.6 is 12.4 Å². The van der Waals surface area contributed by atoms with Crippen LogP contribution in [0.25, 0.3) is 0 Å². The predicted molar refractivity (Wildman–Crippen MR) is 177 cm³/mol. The Labute approximate surface area is 286 Å². The fraction of sp³-hybridized carbons (Fsp3) is 0.514. The van der Waals surface area contributed by atoms with Gasteiger partial charge in [0.25, 0.3) is 5.91 Å². The molecule has 1 aliphatic rings. The molecule has 0 aliphatic carbocycles. The van der Waals surface area contributed by atoms with Crippen LogP contribution in [0, 0.1) is 11.7 Å². The highest BCUT2D eigenvalue weighted by Crippen LogP contribution is 2.25. The van der Waals surface area contributed by atoms with Crippen molar-refractivity contribution in [2.75, 3.05) is 53.1 Å². The molecular formula is C35H46ClF4N3O5. The van der Waals surface area contributed by atoms with Crippen LogP contribution in [0.1, 0.15) is 43.1 Å². The van der Waals surface area contributed by atoms with Crippen molar-refractivity contribution in [3.8, 4) is 11.5 Å². The van der Waals surface area contributed by atoms with E-state index in [2.05, 4.69) is 22.0 Å². The Balaban J connectivity index is 0.00000625. The molecule has 0 radical (unpaired) electrons. The number of halogens is 5. The summed E-state index contributed by atoms with van der Waals surface area (Å²) in [6, 6.07) is 15.6. The summed E-state index contributed by atoms with van der Waals surface area (Å²) in [6.07, 6.45) is 0.121. The van der Waals surface area contributed by atoms with Crippen LogP contribution in [0.5, 0.6) is 11.5 Å². The van der Waals surface area contributed by atoms with E-state index >= 15 is 0 Å². The summed E-state index contributed by atoms with van der Waals surface area (Å²) < 4.78 is 74.6. The highest BCUT2D eigenvalue weighted by atomic mass is 35.5. The third-order valence-electron chi connectivity index (χ3n) is 8.06. The number of nitrogens with zero attached hydrogens (tertiary/aromatic N) is 2. The maximum atomic E-state index is 14.3. The van der Waals surface area contributed by atoms with Crippen LogP contribution in [-0.4, -0.2) is 81.2 Å². The molecule has 0 bridgehead atoms. The summed E-state index contributed by atoms with van der Waals surface area (Å²) in [5.41, 5.74) is 1.65. The van der Waals surface area contributed by atoms with Gasteiger partial charge in [-0.1, -0.05) is 31.5 Å². The number of nitrogens with one attached hydrogen (secondary N) is 1. The van der Waals surface area contributed by atoms with Crippen molar-refractivity contribution in [2.45, 2.75) is 57.9 Å². The van der Waals surface area contributed by atoms with Gasteiger partial charge >= 0.3 is 6.18 Å². The lowest BCUT2D eigenvalue weighted by Gasteiger charge is -2.39. The van der Waals surface area contributed by atoms with Crippen LogP contribution in [0.3, 0.4) is 0 Å². The molecule has 3 aromatic rings. The van der Waals surface area contributed by atoms with Gasteiger partial charge in [0.1, 0.15) is 17.7 Å². The smallest absolute Gasteiger partial charge is 0.422 e. The van der Waals surface area contributed by atoms with Crippen LogP contribution in [0.4, 0.5) is 17.6 Å². The van der Waals surface area contributed by atoms with E-state index in [0.29, 0.717) is 70.2 Å². The molecule has 1 aromatic heterocycles. The third-order valence-corrected chi connectivity index (χ3v) is 8.06. The molecule has 1 amide bonds. The van der Waals surface area contributed by atoms with Crippen LogP contribution < -0.4 is 14.8 Å². The second kappa shape index (κ2) is 19.6. The molecule has 4 rings (SSSR count). The lowest BCUT2D eigenvalue weighted by atomic mass is 10.1. The quantitative estimate of drug-likeness (QED) is 0.0853. The number of hydrogen-bond donors (Lipinski definition) is 1. The molecule has 266 valence electrons. The van der Waals surface area contributed by atoms with E-state index in [0.717, 1.165) is 36.6 Å². The minimum absolute atomic E-state index is 0. The monoisotopic (exact) mass is 699 g/mol. The minimum Gasteiger partial charge on any atom is -0.494 e. The minimum atomic E-state index is -4.59. The number of benzene rings is 2. The molecule has 0 saturated carbocycles. The molecular weight excluding hydrogens is 654 g/mol. The molecule has 2 atom stereocenters. The SMILES string of the molecule is CCCCOc1cccc(CCN(Cc2ccco2)C(C(=O)NC)N(CCc2ccc(F)c(OCC(F)(F)F)c2)CC2CCOC2)c1.Cl. The first-order valence-electron chi connectivity index (χ1n) is 16.1. The number of ether oxygens (including phenoxy) is 3. The Morgan fingerprint density at radius 1 is 1.04 bits per heavy atom. The number of likely N-dealkylation sites (N-methyl/N-ethyl adjacent to an activating group) is 1. The second-order valence-corrected chi connectivity index (χ2v) is 11.8. The van der Waals surface area contributed by atoms with Crippen molar-refractivity contribution in [1.82, 2.24) is 15.1 Å². The van der Waals surface area contributed by atoms with Crippen molar-refractivity contribution < 1.29 is 41.0 Å². The lowest BCUT2D eigenvalue weighted by Crippen LogP contribution is -2.58. The maximum Gasteiger partial charge on any atom is 0.422 e. The van der Waals surface area contributed by atoms with Crippen molar-refractivity contribution in [1.29, 1.82) is 0 Å². The number of amides is 1. The van der Waals surface area contributed by atoms with Crippen LogP contribution in [-0.2, 0) is 28.9 Å². The first-order chi connectivity index (χ1) is 22.6. The van der Waals surface area contributed by atoms with Crippen molar-refractivity contribution in [2.24, 2.45) is 5.92 Å². The number of hydrogen-bond acceptors (Lipinski definition) is 7. The largest absolute Gasteiger partial charge is 0.494 e. The number of alkyl halides is 3. The number of furan rings is 1. The Hall–Kier alpha value is -3.32. The van der Waals surface area contributed by atoms with Gasteiger partial charge < -0.3 is 23.9 Å². The average molecular weight is 700 g/mol. The van der Waals surface area contributed by atoms with E-state index in [1.807, 2.05) is 30.3 Å². The van der Waals surface area contributed by atoms with Gasteiger partial charge in [-0.05, 0) is 79.1 Å². The highest BCUT2D eigenvalue weighted by molar-refractivity contribution is 5.85. The Bertz CT molecular complexity index is 1370. The summed E-state index contributed by atoms with van der Waals surface area (Å²) in [5.74, 6) is 0.148. The van der Waals surface area contributed by atoms with E-state index in [9.17, 15) is 22.4 Å². The van der Waals surface area contributed by atoms with Crippen molar-refractivity contribution in [3.05, 3.63) is 83.6 Å². The van der Waals surface area contributed by atoms with Gasteiger partial charge in [-0.15, -0.1) is 12.4 Å². The summed E-state index contributed by atoms with van der Waals surface area (Å²) in [6.45, 7) is 4.16. The van der Waals surface area contributed by atoms with E-state index in [4.69, 9.17) is 18.6 Å². The second-order valence-electron chi connectivity index (χ2n) is 11.8. The summed E-state index contributed by atoms with van der Waals surface area (Å²) in [7, 11) is 1.60. The Morgan fingerprint density at radius 2 is 1.81 bits per heavy atom. The maximum absolute atomic E-state index is 14.3.